The smallest absolute Gasteiger partial charge is 0.137 e. The van der Waals surface area contributed by atoms with Crippen molar-refractivity contribution in [3.63, 3.8) is 0 Å². The van der Waals surface area contributed by atoms with Gasteiger partial charge in [-0.2, -0.15) is 10.4 Å². The summed E-state index contributed by atoms with van der Waals surface area (Å²) in [5, 5.41) is 13.0. The third-order valence-corrected chi connectivity index (χ3v) is 3.54. The van der Waals surface area contributed by atoms with Crippen molar-refractivity contribution < 1.29 is 4.74 Å². The molecule has 0 unspecified atom stereocenters. The molecule has 0 fully saturated rings. The van der Waals surface area contributed by atoms with E-state index in [4.69, 9.17) is 10.00 Å². The van der Waals surface area contributed by atoms with Crippen LogP contribution in [0.15, 0.2) is 41.6 Å². The van der Waals surface area contributed by atoms with Crippen LogP contribution in [0.25, 0.3) is 0 Å². The van der Waals surface area contributed by atoms with Crippen LogP contribution in [0.1, 0.15) is 12.0 Å². The van der Waals surface area contributed by atoms with Gasteiger partial charge in [0.05, 0.1) is 18.4 Å². The van der Waals surface area contributed by atoms with Gasteiger partial charge in [0.15, 0.2) is 0 Å². The van der Waals surface area contributed by atoms with E-state index < -0.39 is 0 Å². The summed E-state index contributed by atoms with van der Waals surface area (Å²) in [4.78, 5) is 1.17. The molecular formula is C14H15N3OS. The first-order valence-electron chi connectivity index (χ1n) is 6.03. The Morgan fingerprint density at radius 1 is 1.42 bits per heavy atom. The van der Waals surface area contributed by atoms with Crippen molar-refractivity contribution in [2.24, 2.45) is 7.05 Å². The minimum Gasteiger partial charge on any atom is -0.492 e. The van der Waals surface area contributed by atoms with Gasteiger partial charge in [-0.15, -0.1) is 11.8 Å². The van der Waals surface area contributed by atoms with Crippen LogP contribution in [0.5, 0.6) is 5.75 Å². The van der Waals surface area contributed by atoms with Crippen LogP contribution in [0.4, 0.5) is 0 Å². The number of aromatic nitrogens is 2. The molecule has 2 aromatic rings. The van der Waals surface area contributed by atoms with E-state index in [0.717, 1.165) is 12.2 Å². The van der Waals surface area contributed by atoms with Gasteiger partial charge in [-0.3, -0.25) is 4.68 Å². The molecule has 2 rings (SSSR count). The predicted octanol–water partition coefficient (Wildman–Crippen LogP) is 2.85. The summed E-state index contributed by atoms with van der Waals surface area (Å²) in [5.41, 5.74) is 0.586. The maximum Gasteiger partial charge on any atom is 0.137 e. The third kappa shape index (κ3) is 4.04. The van der Waals surface area contributed by atoms with Crippen molar-refractivity contribution in [2.75, 3.05) is 12.4 Å². The van der Waals surface area contributed by atoms with Gasteiger partial charge in [0.1, 0.15) is 11.8 Å². The van der Waals surface area contributed by atoms with Crippen molar-refractivity contribution in [1.82, 2.24) is 9.78 Å². The molecule has 0 bridgehead atoms. The van der Waals surface area contributed by atoms with Gasteiger partial charge in [0, 0.05) is 23.9 Å². The highest BCUT2D eigenvalue weighted by molar-refractivity contribution is 7.99. The molecule has 4 nitrogen and oxygen atoms in total. The molecule has 0 radical (unpaired) electrons. The Balaban J connectivity index is 1.71. The fourth-order valence-corrected chi connectivity index (χ4v) is 2.44. The quantitative estimate of drug-likeness (QED) is 0.600. The lowest BCUT2D eigenvalue weighted by atomic mass is 10.2. The third-order valence-electron chi connectivity index (χ3n) is 2.50. The predicted molar refractivity (Wildman–Crippen MR) is 75.2 cm³/mol. The molecule has 0 N–H and O–H groups in total. The molecule has 0 aliphatic carbocycles. The number of hydrogen-bond acceptors (Lipinski definition) is 4. The first kappa shape index (κ1) is 13.5. The average molecular weight is 273 g/mol. The summed E-state index contributed by atoms with van der Waals surface area (Å²) in [7, 11) is 1.91. The average Bonchev–Trinajstić information content (AvgIpc) is 2.84. The number of aryl methyl sites for hydroxylation is 1. The second-order valence-electron chi connectivity index (χ2n) is 4.01. The summed E-state index contributed by atoms with van der Waals surface area (Å²) in [6.45, 7) is 0.617. The Morgan fingerprint density at radius 2 is 2.26 bits per heavy atom. The molecule has 5 heteroatoms. The van der Waals surface area contributed by atoms with Crippen LogP contribution in [0.3, 0.4) is 0 Å². The molecule has 1 heterocycles. The maximum atomic E-state index is 8.93. The summed E-state index contributed by atoms with van der Waals surface area (Å²) < 4.78 is 7.41. The molecule has 0 atom stereocenters. The first-order valence-corrected chi connectivity index (χ1v) is 7.01. The number of para-hydroxylation sites is 1. The number of nitrogens with zero attached hydrogens (tertiary/aromatic N) is 3. The topological polar surface area (TPSA) is 50.8 Å². The number of thioether (sulfide) groups is 1. The zero-order valence-corrected chi connectivity index (χ0v) is 11.6. The highest BCUT2D eigenvalue weighted by Gasteiger charge is 2.01. The van der Waals surface area contributed by atoms with Crippen molar-refractivity contribution in [3.05, 3.63) is 42.2 Å². The summed E-state index contributed by atoms with van der Waals surface area (Å²) in [6, 6.07) is 9.43. The zero-order chi connectivity index (χ0) is 13.5. The minimum absolute atomic E-state index is 0.586. The summed E-state index contributed by atoms with van der Waals surface area (Å²) in [5.74, 6) is 1.64. The molecule has 0 aliphatic rings. The van der Waals surface area contributed by atoms with Crippen molar-refractivity contribution >= 4 is 11.8 Å². The fraction of sp³-hybridized carbons (Fsp3) is 0.286. The monoisotopic (exact) mass is 273 g/mol. The lowest BCUT2D eigenvalue weighted by Gasteiger charge is -2.06. The summed E-state index contributed by atoms with van der Waals surface area (Å²) in [6.07, 6.45) is 4.78. The molecule has 0 saturated carbocycles. The Kier molecular flexibility index (Phi) is 4.87. The second kappa shape index (κ2) is 6.86. The van der Waals surface area contributed by atoms with Gasteiger partial charge >= 0.3 is 0 Å². The lowest BCUT2D eigenvalue weighted by Crippen LogP contribution is -2.00. The number of ether oxygens (including phenoxy) is 1. The van der Waals surface area contributed by atoms with Crippen LogP contribution in [0, 0.1) is 11.3 Å². The molecule has 98 valence electrons. The van der Waals surface area contributed by atoms with Crippen LogP contribution in [-0.2, 0) is 7.05 Å². The highest BCUT2D eigenvalue weighted by atomic mass is 32.2. The molecule has 0 saturated heterocycles. The SMILES string of the molecule is Cn1cc(SCCCOc2ccccc2C#N)cn1. The van der Waals surface area contributed by atoms with E-state index in [0.29, 0.717) is 17.9 Å². The molecule has 0 aliphatic heterocycles. The van der Waals surface area contributed by atoms with Gasteiger partial charge in [0.25, 0.3) is 0 Å². The largest absolute Gasteiger partial charge is 0.492 e. The standard InChI is InChI=1S/C14H15N3OS/c1-17-11-13(10-16-17)19-8-4-7-18-14-6-3-2-5-12(14)9-15/h2-3,5-6,10-11H,4,7-8H2,1H3. The minimum atomic E-state index is 0.586. The number of benzene rings is 1. The Hall–Kier alpha value is -1.93. The van der Waals surface area contributed by atoms with E-state index >= 15 is 0 Å². The molecule has 19 heavy (non-hydrogen) atoms. The van der Waals surface area contributed by atoms with Gasteiger partial charge in [-0.1, -0.05) is 12.1 Å². The number of rotatable bonds is 6. The van der Waals surface area contributed by atoms with Crippen LogP contribution in [-0.4, -0.2) is 22.1 Å². The van der Waals surface area contributed by atoms with Crippen molar-refractivity contribution in [1.29, 1.82) is 5.26 Å². The van der Waals surface area contributed by atoms with E-state index in [9.17, 15) is 0 Å². The molecule has 1 aromatic heterocycles. The fourth-order valence-electron chi connectivity index (χ4n) is 1.59. The normalized spacial score (nSPS) is 10.1. The van der Waals surface area contributed by atoms with E-state index in [2.05, 4.69) is 11.2 Å². The molecule has 1 aromatic carbocycles. The highest BCUT2D eigenvalue weighted by Crippen LogP contribution is 2.19. The second-order valence-corrected chi connectivity index (χ2v) is 5.18. The first-order chi connectivity index (χ1) is 9.29. The van der Waals surface area contributed by atoms with Crippen molar-refractivity contribution in [2.45, 2.75) is 11.3 Å². The molecule has 0 amide bonds. The van der Waals surface area contributed by atoms with Gasteiger partial charge in [-0.25, -0.2) is 0 Å². The van der Waals surface area contributed by atoms with Crippen molar-refractivity contribution in [3.8, 4) is 11.8 Å². The molecular weight excluding hydrogens is 258 g/mol. The van der Waals surface area contributed by atoms with E-state index in [1.165, 1.54) is 4.90 Å². The Labute approximate surface area is 117 Å². The molecule has 0 spiro atoms. The summed E-state index contributed by atoms with van der Waals surface area (Å²) >= 11 is 1.76. The van der Waals surface area contributed by atoms with Crippen LogP contribution >= 0.6 is 11.8 Å². The number of hydrogen-bond donors (Lipinski definition) is 0. The maximum absolute atomic E-state index is 8.93. The van der Waals surface area contributed by atoms with Crippen LogP contribution < -0.4 is 4.74 Å². The van der Waals surface area contributed by atoms with Gasteiger partial charge < -0.3 is 4.74 Å². The Morgan fingerprint density at radius 3 is 3.00 bits per heavy atom. The van der Waals surface area contributed by atoms with E-state index in [1.807, 2.05) is 37.6 Å². The number of nitriles is 1. The zero-order valence-electron chi connectivity index (χ0n) is 10.7. The Bertz CT molecular complexity index is 574. The van der Waals surface area contributed by atoms with E-state index in [-0.39, 0.29) is 0 Å². The van der Waals surface area contributed by atoms with Gasteiger partial charge in [0.2, 0.25) is 0 Å². The lowest BCUT2D eigenvalue weighted by molar-refractivity contribution is 0.318. The van der Waals surface area contributed by atoms with Gasteiger partial charge in [-0.05, 0) is 18.6 Å². The van der Waals surface area contributed by atoms with E-state index in [1.54, 1.807) is 22.5 Å². The van der Waals surface area contributed by atoms with Crippen LogP contribution in [0.2, 0.25) is 0 Å².